The molecule has 33 heavy (non-hydrogen) atoms. The SMILES string of the molecule is CCc1nccn1CC(=O)N1CCCC2(CCCCc3ccccc3OCCN(C)C2=O)C1. The van der Waals surface area contributed by atoms with E-state index in [0.29, 0.717) is 26.2 Å². The molecule has 1 spiro atoms. The van der Waals surface area contributed by atoms with Crippen molar-refractivity contribution in [1.82, 2.24) is 19.4 Å². The molecule has 7 nitrogen and oxygen atoms in total. The Bertz CT molecular complexity index is 972. The first-order valence-corrected chi connectivity index (χ1v) is 12.3. The number of likely N-dealkylation sites (tertiary alicyclic amines) is 1. The molecule has 178 valence electrons. The Morgan fingerprint density at radius 1 is 1.15 bits per heavy atom. The number of hydrogen-bond donors (Lipinski definition) is 0. The summed E-state index contributed by atoms with van der Waals surface area (Å²) < 4.78 is 7.95. The molecule has 0 saturated carbocycles. The Labute approximate surface area is 196 Å². The third kappa shape index (κ3) is 5.23. The quantitative estimate of drug-likeness (QED) is 0.717. The lowest BCUT2D eigenvalue weighted by molar-refractivity contribution is -0.149. The Morgan fingerprint density at radius 2 is 1.97 bits per heavy atom. The third-order valence-corrected chi connectivity index (χ3v) is 7.16. The molecular weight excluding hydrogens is 416 g/mol. The maximum Gasteiger partial charge on any atom is 0.242 e. The van der Waals surface area contributed by atoms with Crippen LogP contribution in [0, 0.1) is 5.41 Å². The van der Waals surface area contributed by atoms with Crippen LogP contribution in [0.3, 0.4) is 0 Å². The molecule has 0 bridgehead atoms. The number of carbonyl (C=O) groups is 2. The van der Waals surface area contributed by atoms with Crippen molar-refractivity contribution in [3.8, 4) is 5.75 Å². The van der Waals surface area contributed by atoms with Crippen LogP contribution in [-0.2, 0) is 29.0 Å². The number of para-hydroxylation sites is 1. The zero-order chi connectivity index (χ0) is 23.3. The minimum absolute atomic E-state index is 0.0700. The van der Waals surface area contributed by atoms with Gasteiger partial charge in [0.2, 0.25) is 11.8 Å². The van der Waals surface area contributed by atoms with E-state index in [1.807, 2.05) is 46.7 Å². The van der Waals surface area contributed by atoms with Crippen LogP contribution < -0.4 is 4.74 Å². The van der Waals surface area contributed by atoms with E-state index in [0.717, 1.165) is 56.5 Å². The Morgan fingerprint density at radius 3 is 2.82 bits per heavy atom. The summed E-state index contributed by atoms with van der Waals surface area (Å²) in [7, 11) is 1.87. The molecule has 2 aliphatic heterocycles. The zero-order valence-corrected chi connectivity index (χ0v) is 20.0. The molecule has 7 heteroatoms. The van der Waals surface area contributed by atoms with E-state index in [1.54, 1.807) is 6.20 Å². The predicted molar refractivity (Wildman–Crippen MR) is 127 cm³/mol. The van der Waals surface area contributed by atoms with Crippen molar-refractivity contribution in [2.45, 2.75) is 58.4 Å². The average Bonchev–Trinajstić information content (AvgIpc) is 3.28. The number of likely N-dealkylation sites (N-methyl/N-ethyl adjacent to an activating group) is 1. The summed E-state index contributed by atoms with van der Waals surface area (Å²) in [5.41, 5.74) is 0.720. The highest BCUT2D eigenvalue weighted by Crippen LogP contribution is 2.38. The highest BCUT2D eigenvalue weighted by Gasteiger charge is 2.44. The summed E-state index contributed by atoms with van der Waals surface area (Å²) >= 11 is 0. The number of ether oxygens (including phenoxy) is 1. The van der Waals surface area contributed by atoms with E-state index >= 15 is 0 Å². The predicted octanol–water partition coefficient (Wildman–Crippen LogP) is 3.32. The molecule has 2 amide bonds. The molecule has 1 aromatic heterocycles. The number of imidazole rings is 1. The van der Waals surface area contributed by atoms with Crippen molar-refractivity contribution in [1.29, 1.82) is 0 Å². The molecule has 1 unspecified atom stereocenters. The first-order chi connectivity index (χ1) is 16.0. The second kappa shape index (κ2) is 10.4. The molecule has 1 atom stereocenters. The van der Waals surface area contributed by atoms with Gasteiger partial charge in [0.1, 0.15) is 24.7 Å². The van der Waals surface area contributed by atoms with Crippen LogP contribution in [0.25, 0.3) is 0 Å². The number of hydrogen-bond acceptors (Lipinski definition) is 4. The van der Waals surface area contributed by atoms with E-state index < -0.39 is 5.41 Å². The maximum absolute atomic E-state index is 13.7. The van der Waals surface area contributed by atoms with Crippen molar-refractivity contribution < 1.29 is 14.3 Å². The summed E-state index contributed by atoms with van der Waals surface area (Å²) in [5.74, 6) is 2.06. The summed E-state index contributed by atoms with van der Waals surface area (Å²) in [6.45, 7) is 4.55. The van der Waals surface area contributed by atoms with E-state index in [1.165, 1.54) is 5.56 Å². The van der Waals surface area contributed by atoms with Crippen molar-refractivity contribution >= 4 is 11.8 Å². The highest BCUT2D eigenvalue weighted by molar-refractivity contribution is 5.84. The molecule has 4 rings (SSSR count). The first kappa shape index (κ1) is 23.3. The fourth-order valence-corrected chi connectivity index (χ4v) is 5.30. The average molecular weight is 453 g/mol. The summed E-state index contributed by atoms with van der Waals surface area (Å²) in [6.07, 6.45) is 9.81. The number of fused-ring (bicyclic) bond motifs is 1. The van der Waals surface area contributed by atoms with E-state index in [4.69, 9.17) is 4.74 Å². The van der Waals surface area contributed by atoms with Gasteiger partial charge in [0.25, 0.3) is 0 Å². The standard InChI is InChI=1S/C26H36N4O3/c1-3-23-27-14-16-29(23)19-24(31)30-15-8-13-26(20-30)12-7-6-10-21-9-4-5-11-22(21)33-18-17-28(2)25(26)32/h4-5,9,11,14,16H,3,6-8,10,12-13,15,17-20H2,1-2H3. The molecule has 0 radical (unpaired) electrons. The number of amides is 2. The Balaban J connectivity index is 1.49. The number of aryl methyl sites for hydroxylation is 2. The van der Waals surface area contributed by atoms with E-state index in [9.17, 15) is 9.59 Å². The second-order valence-electron chi connectivity index (χ2n) is 9.41. The third-order valence-electron chi connectivity index (χ3n) is 7.16. The topological polar surface area (TPSA) is 67.7 Å². The van der Waals surface area contributed by atoms with Crippen LogP contribution >= 0.6 is 0 Å². The van der Waals surface area contributed by atoms with Gasteiger partial charge in [-0.25, -0.2) is 4.98 Å². The normalized spacial score (nSPS) is 22.3. The summed E-state index contributed by atoms with van der Waals surface area (Å²) in [4.78, 5) is 34.9. The molecule has 3 heterocycles. The Kier molecular flexibility index (Phi) is 7.36. The van der Waals surface area contributed by atoms with Crippen LogP contribution in [0.2, 0.25) is 0 Å². The van der Waals surface area contributed by atoms with Crippen LogP contribution in [0.5, 0.6) is 5.75 Å². The minimum atomic E-state index is -0.510. The van der Waals surface area contributed by atoms with Crippen molar-refractivity contribution in [3.05, 3.63) is 48.0 Å². The summed E-state index contributed by atoms with van der Waals surface area (Å²) in [6, 6.07) is 8.20. The molecule has 1 saturated heterocycles. The molecule has 0 aliphatic carbocycles. The molecule has 2 aliphatic rings. The van der Waals surface area contributed by atoms with E-state index in [2.05, 4.69) is 17.1 Å². The van der Waals surface area contributed by atoms with Gasteiger partial charge in [-0.1, -0.05) is 31.5 Å². The molecular formula is C26H36N4O3. The van der Waals surface area contributed by atoms with E-state index in [-0.39, 0.29) is 18.4 Å². The van der Waals surface area contributed by atoms with Gasteiger partial charge in [-0.3, -0.25) is 9.59 Å². The van der Waals surface area contributed by atoms with Gasteiger partial charge < -0.3 is 19.1 Å². The summed E-state index contributed by atoms with van der Waals surface area (Å²) in [5, 5.41) is 0. The van der Waals surface area contributed by atoms with Gasteiger partial charge in [0.15, 0.2) is 0 Å². The highest BCUT2D eigenvalue weighted by atomic mass is 16.5. The van der Waals surface area contributed by atoms with Gasteiger partial charge in [-0.2, -0.15) is 0 Å². The van der Waals surface area contributed by atoms with Crippen molar-refractivity contribution in [3.63, 3.8) is 0 Å². The maximum atomic E-state index is 13.7. The molecule has 1 aromatic carbocycles. The van der Waals surface area contributed by atoms with Crippen LogP contribution in [0.4, 0.5) is 0 Å². The monoisotopic (exact) mass is 452 g/mol. The number of rotatable bonds is 3. The van der Waals surface area contributed by atoms with Crippen molar-refractivity contribution in [2.75, 3.05) is 33.3 Å². The number of aromatic nitrogens is 2. The second-order valence-corrected chi connectivity index (χ2v) is 9.41. The molecule has 0 N–H and O–H groups in total. The lowest BCUT2D eigenvalue weighted by atomic mass is 9.74. The van der Waals surface area contributed by atoms with Gasteiger partial charge in [0, 0.05) is 39.0 Å². The van der Waals surface area contributed by atoms with Gasteiger partial charge in [0.05, 0.1) is 12.0 Å². The van der Waals surface area contributed by atoms with Crippen LogP contribution in [0.1, 0.15) is 50.4 Å². The fraction of sp³-hybridized carbons (Fsp3) is 0.577. The number of nitrogens with zero attached hydrogens (tertiary/aromatic N) is 4. The number of benzene rings is 1. The fourth-order valence-electron chi connectivity index (χ4n) is 5.30. The lowest BCUT2D eigenvalue weighted by Gasteiger charge is -2.44. The van der Waals surface area contributed by atoms with Crippen molar-refractivity contribution in [2.24, 2.45) is 5.41 Å². The molecule has 2 aromatic rings. The van der Waals surface area contributed by atoms with Crippen LogP contribution in [-0.4, -0.2) is 64.5 Å². The minimum Gasteiger partial charge on any atom is -0.491 e. The number of carbonyl (C=O) groups excluding carboxylic acids is 2. The van der Waals surface area contributed by atoms with Gasteiger partial charge in [-0.15, -0.1) is 0 Å². The zero-order valence-electron chi connectivity index (χ0n) is 20.0. The van der Waals surface area contributed by atoms with Gasteiger partial charge >= 0.3 is 0 Å². The van der Waals surface area contributed by atoms with Gasteiger partial charge in [-0.05, 0) is 43.7 Å². The lowest BCUT2D eigenvalue weighted by Crippen LogP contribution is -2.54. The Hall–Kier alpha value is -2.83. The molecule has 1 fully saturated rings. The smallest absolute Gasteiger partial charge is 0.242 e. The van der Waals surface area contributed by atoms with Crippen LogP contribution in [0.15, 0.2) is 36.7 Å². The number of piperidine rings is 1. The largest absolute Gasteiger partial charge is 0.491 e. The first-order valence-electron chi connectivity index (χ1n) is 12.3.